The maximum atomic E-state index is 12.0. The first kappa shape index (κ1) is 12.9. The molecule has 0 spiro atoms. The fourth-order valence-electron chi connectivity index (χ4n) is 1.87. The standard InChI is InChI=1S/C12H8N2O4S2/c15-14(16)9-6-7-11-12(8-9)20(17,18)13-19(11)10-4-2-1-3-5-10/h1-8H/t19-/m0/s1. The third kappa shape index (κ3) is 2.02. The minimum Gasteiger partial charge on any atom is -0.258 e. The SMILES string of the molecule is O=[N+]([O-])c1ccc2c(c1)S(=O)(=O)N=[S@]2c1ccccc1. The van der Waals surface area contributed by atoms with Crippen molar-refractivity contribution in [3.63, 3.8) is 0 Å². The van der Waals surface area contributed by atoms with Crippen LogP contribution in [0.1, 0.15) is 0 Å². The van der Waals surface area contributed by atoms with Crippen LogP contribution in [0.2, 0.25) is 0 Å². The Labute approximate surface area is 117 Å². The van der Waals surface area contributed by atoms with Gasteiger partial charge in [-0.05, 0) is 28.9 Å². The Morgan fingerprint density at radius 1 is 1.10 bits per heavy atom. The van der Waals surface area contributed by atoms with E-state index in [1.807, 2.05) is 6.07 Å². The van der Waals surface area contributed by atoms with Gasteiger partial charge in [-0.25, -0.2) is 0 Å². The van der Waals surface area contributed by atoms with Crippen molar-refractivity contribution >= 4 is 26.4 Å². The third-order valence-corrected chi connectivity index (χ3v) is 6.66. The number of nitro benzene ring substituents is 1. The van der Waals surface area contributed by atoms with Crippen LogP contribution >= 0.6 is 0 Å². The number of nitro groups is 1. The van der Waals surface area contributed by atoms with Crippen molar-refractivity contribution in [3.8, 4) is 0 Å². The molecule has 20 heavy (non-hydrogen) atoms. The molecular weight excluding hydrogens is 300 g/mol. The van der Waals surface area contributed by atoms with E-state index in [1.54, 1.807) is 24.3 Å². The summed E-state index contributed by atoms with van der Waals surface area (Å²) in [5, 5.41) is 10.7. The number of sulfonamides is 1. The molecule has 0 unspecified atom stereocenters. The predicted octanol–water partition coefficient (Wildman–Crippen LogP) is 2.52. The third-order valence-electron chi connectivity index (χ3n) is 2.76. The Morgan fingerprint density at radius 2 is 1.80 bits per heavy atom. The molecular formula is C12H8N2O4S2. The van der Waals surface area contributed by atoms with Crippen molar-refractivity contribution in [1.29, 1.82) is 0 Å². The maximum Gasteiger partial charge on any atom is 0.289 e. The Kier molecular flexibility index (Phi) is 2.91. The smallest absolute Gasteiger partial charge is 0.258 e. The summed E-state index contributed by atoms with van der Waals surface area (Å²) in [5.41, 5.74) is -0.249. The van der Waals surface area contributed by atoms with E-state index >= 15 is 0 Å². The summed E-state index contributed by atoms with van der Waals surface area (Å²) in [4.78, 5) is 11.3. The van der Waals surface area contributed by atoms with Crippen molar-refractivity contribution in [3.05, 3.63) is 58.6 Å². The molecule has 2 aromatic rings. The van der Waals surface area contributed by atoms with E-state index in [1.165, 1.54) is 12.1 Å². The van der Waals surface area contributed by atoms with Gasteiger partial charge in [0.1, 0.15) is 4.90 Å². The number of rotatable bonds is 2. The lowest BCUT2D eigenvalue weighted by Gasteiger charge is -2.02. The molecule has 0 aromatic heterocycles. The van der Waals surface area contributed by atoms with Crippen molar-refractivity contribution in [2.45, 2.75) is 14.7 Å². The van der Waals surface area contributed by atoms with Crippen molar-refractivity contribution < 1.29 is 13.3 Å². The summed E-state index contributed by atoms with van der Waals surface area (Å²) in [6.45, 7) is 0. The monoisotopic (exact) mass is 308 g/mol. The second kappa shape index (κ2) is 4.50. The summed E-state index contributed by atoms with van der Waals surface area (Å²) in [5.74, 6) is 0. The minimum atomic E-state index is -3.83. The molecule has 3 rings (SSSR count). The molecule has 0 saturated heterocycles. The van der Waals surface area contributed by atoms with Gasteiger partial charge in [-0.1, -0.05) is 18.2 Å². The van der Waals surface area contributed by atoms with Crippen LogP contribution in [0.25, 0.3) is 0 Å². The van der Waals surface area contributed by atoms with Crippen LogP contribution in [0, 0.1) is 10.1 Å². The lowest BCUT2D eigenvalue weighted by Crippen LogP contribution is -1.96. The molecule has 2 aromatic carbocycles. The maximum absolute atomic E-state index is 12.0. The normalized spacial score (nSPS) is 19.1. The topological polar surface area (TPSA) is 89.6 Å². The van der Waals surface area contributed by atoms with E-state index in [0.717, 1.165) is 11.0 Å². The zero-order valence-corrected chi connectivity index (χ0v) is 11.6. The van der Waals surface area contributed by atoms with Gasteiger partial charge in [0, 0.05) is 21.9 Å². The Bertz CT molecular complexity index is 845. The number of fused-ring (bicyclic) bond motifs is 1. The van der Waals surface area contributed by atoms with Crippen LogP contribution in [-0.4, -0.2) is 13.3 Å². The van der Waals surface area contributed by atoms with Crippen LogP contribution in [0.3, 0.4) is 0 Å². The first-order valence-corrected chi connectivity index (χ1v) is 8.17. The zero-order valence-electron chi connectivity index (χ0n) is 9.96. The van der Waals surface area contributed by atoms with Crippen molar-refractivity contribution in [1.82, 2.24) is 0 Å². The molecule has 0 fully saturated rings. The highest BCUT2D eigenvalue weighted by atomic mass is 32.3. The second-order valence-electron chi connectivity index (χ2n) is 4.04. The highest BCUT2D eigenvalue weighted by molar-refractivity contribution is 8.02. The molecule has 1 aliphatic rings. The van der Waals surface area contributed by atoms with Crippen LogP contribution in [0.15, 0.2) is 67.0 Å². The van der Waals surface area contributed by atoms with Crippen molar-refractivity contribution in [2.24, 2.45) is 3.77 Å². The molecule has 0 radical (unpaired) electrons. The van der Waals surface area contributed by atoms with Crippen LogP contribution < -0.4 is 0 Å². The Hall–Kier alpha value is -2.06. The summed E-state index contributed by atoms with van der Waals surface area (Å²) in [6.07, 6.45) is 0. The van der Waals surface area contributed by atoms with Gasteiger partial charge in [-0.15, -0.1) is 3.77 Å². The molecule has 1 aliphatic heterocycles. The first-order chi connectivity index (χ1) is 9.49. The lowest BCUT2D eigenvalue weighted by molar-refractivity contribution is -0.385. The van der Waals surface area contributed by atoms with Gasteiger partial charge in [0.15, 0.2) is 0 Å². The van der Waals surface area contributed by atoms with Crippen molar-refractivity contribution in [2.75, 3.05) is 0 Å². The number of hydrogen-bond donors (Lipinski definition) is 0. The largest absolute Gasteiger partial charge is 0.289 e. The Balaban J connectivity index is 2.23. The van der Waals surface area contributed by atoms with Gasteiger partial charge in [0.2, 0.25) is 0 Å². The minimum absolute atomic E-state index is 0.0705. The number of nitrogens with zero attached hydrogens (tertiary/aromatic N) is 2. The predicted molar refractivity (Wildman–Crippen MR) is 73.0 cm³/mol. The molecule has 8 heteroatoms. The van der Waals surface area contributed by atoms with E-state index in [0.29, 0.717) is 4.90 Å². The molecule has 102 valence electrons. The molecule has 0 aliphatic carbocycles. The quantitative estimate of drug-likeness (QED) is 0.629. The second-order valence-corrected chi connectivity index (χ2v) is 7.50. The molecule has 0 amide bonds. The summed E-state index contributed by atoms with van der Waals surface area (Å²) >= 11 is 0. The highest BCUT2D eigenvalue weighted by Crippen LogP contribution is 2.36. The number of non-ortho nitro benzene ring substituents is 1. The van der Waals surface area contributed by atoms with Gasteiger partial charge in [0.25, 0.3) is 15.7 Å². The van der Waals surface area contributed by atoms with E-state index in [9.17, 15) is 18.5 Å². The molecule has 6 nitrogen and oxygen atoms in total. The molecule has 1 heterocycles. The van der Waals surface area contributed by atoms with E-state index in [2.05, 4.69) is 3.77 Å². The van der Waals surface area contributed by atoms with E-state index in [-0.39, 0.29) is 10.6 Å². The zero-order chi connectivity index (χ0) is 14.3. The van der Waals surface area contributed by atoms with Crippen LogP contribution in [-0.2, 0) is 20.7 Å². The fraction of sp³-hybridized carbons (Fsp3) is 0. The first-order valence-electron chi connectivity index (χ1n) is 5.55. The van der Waals surface area contributed by atoms with Gasteiger partial charge in [-0.2, -0.15) is 8.42 Å². The molecule has 0 saturated carbocycles. The molecule has 1 atom stereocenters. The average Bonchev–Trinajstić information content (AvgIpc) is 2.71. The van der Waals surface area contributed by atoms with Gasteiger partial charge < -0.3 is 0 Å². The summed E-state index contributed by atoms with van der Waals surface area (Å²) < 4.78 is 27.9. The Morgan fingerprint density at radius 3 is 2.45 bits per heavy atom. The van der Waals surface area contributed by atoms with Crippen LogP contribution in [0.4, 0.5) is 5.69 Å². The molecule has 0 N–H and O–H groups in total. The number of benzene rings is 2. The van der Waals surface area contributed by atoms with E-state index in [4.69, 9.17) is 0 Å². The lowest BCUT2D eigenvalue weighted by atomic mass is 10.3. The fourth-order valence-corrected chi connectivity index (χ4v) is 5.90. The average molecular weight is 308 g/mol. The summed E-state index contributed by atoms with van der Waals surface area (Å²) in [7, 11) is -4.77. The highest BCUT2D eigenvalue weighted by Gasteiger charge is 2.30. The molecule has 0 bridgehead atoms. The number of hydrogen-bond acceptors (Lipinski definition) is 4. The van der Waals surface area contributed by atoms with Gasteiger partial charge in [0.05, 0.1) is 4.92 Å². The van der Waals surface area contributed by atoms with Gasteiger partial charge >= 0.3 is 0 Å². The summed E-state index contributed by atoms with van der Waals surface area (Å²) in [6, 6.07) is 12.9. The van der Waals surface area contributed by atoms with E-state index < -0.39 is 25.6 Å². The van der Waals surface area contributed by atoms with Gasteiger partial charge in [-0.3, -0.25) is 10.1 Å². The van der Waals surface area contributed by atoms with Crippen LogP contribution in [0.5, 0.6) is 0 Å².